The Morgan fingerprint density at radius 3 is 2.70 bits per heavy atom. The van der Waals surface area contributed by atoms with Crippen LogP contribution in [0.3, 0.4) is 0 Å². The maximum absolute atomic E-state index is 13.7. The smallest absolute Gasteiger partial charge is 0.268 e. The van der Waals surface area contributed by atoms with E-state index in [-0.39, 0.29) is 22.3 Å². The lowest BCUT2D eigenvalue weighted by Crippen LogP contribution is -2.29. The number of amides is 1. The number of aryl methyl sites for hydroxylation is 1. The Morgan fingerprint density at radius 1 is 1.21 bits per heavy atom. The molecule has 0 radical (unpaired) electrons. The first-order chi connectivity index (χ1) is 15.8. The molecule has 2 heterocycles. The molecule has 8 nitrogen and oxygen atoms in total. The monoisotopic (exact) mass is 485 g/mol. The number of para-hydroxylation sites is 1. The molecular weight excluding hydrogens is 462 g/mol. The normalized spacial score (nSPS) is 13.2. The van der Waals surface area contributed by atoms with Gasteiger partial charge in [0, 0.05) is 23.7 Å². The summed E-state index contributed by atoms with van der Waals surface area (Å²) >= 11 is 1.36. The minimum Gasteiger partial charge on any atom is -0.493 e. The van der Waals surface area contributed by atoms with Crippen LogP contribution in [0.25, 0.3) is 6.08 Å². The summed E-state index contributed by atoms with van der Waals surface area (Å²) < 4.78 is 39.5. The molecule has 172 valence electrons. The predicted molar refractivity (Wildman–Crippen MR) is 129 cm³/mol. The van der Waals surface area contributed by atoms with Crippen LogP contribution in [0.15, 0.2) is 53.6 Å². The van der Waals surface area contributed by atoms with E-state index in [1.807, 2.05) is 25.1 Å². The number of nitrogens with zero attached hydrogens (tertiary/aromatic N) is 2. The number of hydrogen-bond donors (Lipinski definition) is 1. The maximum Gasteiger partial charge on any atom is 0.268 e. The summed E-state index contributed by atoms with van der Waals surface area (Å²) in [6.45, 7) is 2.23. The van der Waals surface area contributed by atoms with Crippen molar-refractivity contribution in [3.63, 3.8) is 0 Å². The summed E-state index contributed by atoms with van der Waals surface area (Å²) in [7, 11) is -1.12. The van der Waals surface area contributed by atoms with Gasteiger partial charge in [0.25, 0.3) is 10.0 Å². The van der Waals surface area contributed by atoms with Gasteiger partial charge in [-0.05, 0) is 48.7 Å². The second-order valence-corrected chi connectivity index (χ2v) is 10.4. The van der Waals surface area contributed by atoms with Crippen molar-refractivity contribution < 1.29 is 22.7 Å². The molecular formula is C23H23N3O5S2. The van der Waals surface area contributed by atoms with Gasteiger partial charge in [-0.1, -0.05) is 18.2 Å². The lowest BCUT2D eigenvalue weighted by atomic mass is 10.2. The van der Waals surface area contributed by atoms with Crippen molar-refractivity contribution in [3.05, 3.63) is 64.7 Å². The summed E-state index contributed by atoms with van der Waals surface area (Å²) in [6.07, 6.45) is 5.14. The molecule has 1 aliphatic heterocycles. The molecule has 10 heteroatoms. The van der Waals surface area contributed by atoms with Crippen molar-refractivity contribution in [2.45, 2.75) is 18.2 Å². The van der Waals surface area contributed by atoms with E-state index in [9.17, 15) is 13.2 Å². The van der Waals surface area contributed by atoms with Crippen LogP contribution < -0.4 is 19.1 Å². The fraction of sp³-hybridized carbons (Fsp3) is 0.217. The van der Waals surface area contributed by atoms with Crippen LogP contribution in [0, 0.1) is 6.92 Å². The van der Waals surface area contributed by atoms with Crippen LogP contribution in [-0.4, -0.2) is 40.1 Å². The number of ether oxygens (including phenoxy) is 2. The Bertz CT molecular complexity index is 1330. The summed E-state index contributed by atoms with van der Waals surface area (Å²) in [6, 6.07) is 10.5. The first-order valence-corrected chi connectivity index (χ1v) is 12.4. The van der Waals surface area contributed by atoms with Crippen LogP contribution >= 0.6 is 11.3 Å². The topological polar surface area (TPSA) is 97.8 Å². The molecule has 0 spiro atoms. The van der Waals surface area contributed by atoms with Crippen molar-refractivity contribution in [1.29, 1.82) is 0 Å². The van der Waals surface area contributed by atoms with Crippen LogP contribution in [-0.2, 0) is 21.2 Å². The molecule has 0 saturated carbocycles. The number of methoxy groups -OCH3 is 2. The predicted octanol–water partition coefficient (Wildman–Crippen LogP) is 3.87. The molecule has 0 aliphatic carbocycles. The first kappa shape index (κ1) is 22.8. The fourth-order valence-corrected chi connectivity index (χ4v) is 6.02. The molecule has 0 saturated heterocycles. The van der Waals surface area contributed by atoms with Gasteiger partial charge in [0.05, 0.1) is 19.9 Å². The molecule has 1 amide bonds. The van der Waals surface area contributed by atoms with Gasteiger partial charge in [-0.2, -0.15) is 0 Å². The number of carbonyl (C=O) groups is 1. The van der Waals surface area contributed by atoms with Gasteiger partial charge in [0.15, 0.2) is 16.6 Å². The quantitative estimate of drug-likeness (QED) is 0.510. The summed E-state index contributed by atoms with van der Waals surface area (Å²) in [4.78, 5) is 17.3. The molecule has 0 atom stereocenters. The number of hydrogen-bond acceptors (Lipinski definition) is 7. The van der Waals surface area contributed by atoms with Crippen molar-refractivity contribution in [1.82, 2.24) is 4.98 Å². The Labute approximate surface area is 196 Å². The number of benzene rings is 2. The standard InChI is InChI=1S/C23H23N3O5S2/c1-15-14-24-23(32-15)25-21(27)9-8-16-12-19(30-2)22(31-3)20(13-16)33(28,29)26-11-10-17-6-4-5-7-18(17)26/h4-9,12-14H,10-11H2,1-3H3,(H,24,25,27)/b9-8+. The third kappa shape index (κ3) is 4.57. The van der Waals surface area contributed by atoms with E-state index in [0.717, 1.165) is 10.4 Å². The summed E-state index contributed by atoms with van der Waals surface area (Å²) in [5.41, 5.74) is 2.10. The largest absolute Gasteiger partial charge is 0.493 e. The second-order valence-electron chi connectivity index (χ2n) is 7.31. The van der Waals surface area contributed by atoms with Crippen LogP contribution in [0.4, 0.5) is 10.8 Å². The van der Waals surface area contributed by atoms with Gasteiger partial charge in [0.1, 0.15) is 4.90 Å². The number of sulfonamides is 1. The Balaban J connectivity index is 1.69. The van der Waals surface area contributed by atoms with E-state index in [0.29, 0.717) is 29.3 Å². The molecule has 2 aromatic carbocycles. The van der Waals surface area contributed by atoms with Crippen LogP contribution in [0.2, 0.25) is 0 Å². The Hall–Kier alpha value is -3.37. The highest BCUT2D eigenvalue weighted by Gasteiger charge is 2.34. The highest BCUT2D eigenvalue weighted by atomic mass is 32.2. The number of thiazole rings is 1. The lowest BCUT2D eigenvalue weighted by molar-refractivity contribution is -0.111. The zero-order valence-corrected chi connectivity index (χ0v) is 20.0. The molecule has 1 aliphatic rings. The molecule has 4 rings (SSSR count). The van der Waals surface area contributed by atoms with Crippen molar-refractivity contribution in [2.75, 3.05) is 30.4 Å². The van der Waals surface area contributed by atoms with E-state index in [2.05, 4.69) is 10.3 Å². The van der Waals surface area contributed by atoms with Crippen molar-refractivity contribution in [2.24, 2.45) is 0 Å². The molecule has 0 unspecified atom stereocenters. The minimum atomic E-state index is -3.95. The number of nitrogens with one attached hydrogen (secondary N) is 1. The van der Waals surface area contributed by atoms with E-state index in [1.165, 1.54) is 48.1 Å². The average molecular weight is 486 g/mol. The highest BCUT2D eigenvalue weighted by molar-refractivity contribution is 7.93. The summed E-state index contributed by atoms with van der Waals surface area (Å²) in [5, 5.41) is 3.18. The summed E-state index contributed by atoms with van der Waals surface area (Å²) in [5.74, 6) is -0.0135. The molecule has 3 aromatic rings. The molecule has 33 heavy (non-hydrogen) atoms. The number of anilines is 2. The van der Waals surface area contributed by atoms with E-state index in [1.54, 1.807) is 18.3 Å². The average Bonchev–Trinajstić information content (AvgIpc) is 3.43. The van der Waals surface area contributed by atoms with E-state index >= 15 is 0 Å². The molecule has 0 bridgehead atoms. The molecule has 0 fully saturated rings. The van der Waals surface area contributed by atoms with Crippen LogP contribution in [0.5, 0.6) is 11.5 Å². The SMILES string of the molecule is COc1cc(/C=C/C(=O)Nc2ncc(C)s2)cc(S(=O)(=O)N2CCc3ccccc32)c1OC. The van der Waals surface area contributed by atoms with E-state index < -0.39 is 10.0 Å². The fourth-order valence-electron chi connectivity index (χ4n) is 3.65. The van der Waals surface area contributed by atoms with Gasteiger partial charge in [-0.3, -0.25) is 14.4 Å². The second kappa shape index (κ2) is 9.24. The number of fused-ring (bicyclic) bond motifs is 1. The van der Waals surface area contributed by atoms with Gasteiger partial charge in [-0.15, -0.1) is 11.3 Å². The first-order valence-electron chi connectivity index (χ1n) is 10.1. The number of carbonyl (C=O) groups excluding carboxylic acids is 1. The molecule has 1 N–H and O–H groups in total. The van der Waals surface area contributed by atoms with Crippen molar-refractivity contribution >= 4 is 44.2 Å². The Kier molecular flexibility index (Phi) is 6.39. The van der Waals surface area contributed by atoms with Gasteiger partial charge in [0.2, 0.25) is 5.91 Å². The molecule has 1 aromatic heterocycles. The zero-order valence-electron chi connectivity index (χ0n) is 18.4. The third-order valence-corrected chi connectivity index (χ3v) is 7.81. The van der Waals surface area contributed by atoms with Crippen LogP contribution in [0.1, 0.15) is 16.0 Å². The van der Waals surface area contributed by atoms with Gasteiger partial charge < -0.3 is 9.47 Å². The van der Waals surface area contributed by atoms with E-state index in [4.69, 9.17) is 9.47 Å². The van der Waals surface area contributed by atoms with Crippen molar-refractivity contribution in [3.8, 4) is 11.5 Å². The number of aromatic nitrogens is 1. The number of rotatable bonds is 7. The zero-order chi connectivity index (χ0) is 23.6. The van der Waals surface area contributed by atoms with Gasteiger partial charge in [-0.25, -0.2) is 13.4 Å². The Morgan fingerprint density at radius 2 is 2.00 bits per heavy atom. The maximum atomic E-state index is 13.7. The third-order valence-electron chi connectivity index (χ3n) is 5.16. The van der Waals surface area contributed by atoms with Gasteiger partial charge >= 0.3 is 0 Å². The lowest BCUT2D eigenvalue weighted by Gasteiger charge is -2.22. The minimum absolute atomic E-state index is 0.0309. The highest BCUT2D eigenvalue weighted by Crippen LogP contribution is 2.40.